The molecule has 0 saturated carbocycles. The number of rotatable bonds is 3. The van der Waals surface area contributed by atoms with Crippen LogP contribution in [0.4, 0.5) is 0 Å². The molecule has 0 N–H and O–H groups in total. The first-order valence-electron chi connectivity index (χ1n) is 6.30. The van der Waals surface area contributed by atoms with Gasteiger partial charge in [0.2, 0.25) is 0 Å². The van der Waals surface area contributed by atoms with Crippen LogP contribution in [-0.4, -0.2) is 11.1 Å². The third-order valence-electron chi connectivity index (χ3n) is 3.01. The summed E-state index contributed by atoms with van der Waals surface area (Å²) in [6, 6.07) is 15.1. The summed E-state index contributed by atoms with van der Waals surface area (Å²) in [6.07, 6.45) is 0. The molecule has 0 aliphatic carbocycles. The molecule has 20 heavy (non-hydrogen) atoms. The van der Waals surface area contributed by atoms with E-state index in [9.17, 15) is 4.79 Å². The maximum absolute atomic E-state index is 12.0. The summed E-state index contributed by atoms with van der Waals surface area (Å²) in [4.78, 5) is 12.0. The molecule has 1 heterocycles. The second-order valence-electron chi connectivity index (χ2n) is 4.57. The molecule has 3 aromatic rings. The van der Waals surface area contributed by atoms with Crippen molar-refractivity contribution >= 4 is 16.7 Å². The predicted molar refractivity (Wildman–Crippen MR) is 74.3 cm³/mol. The van der Waals surface area contributed by atoms with E-state index in [1.54, 1.807) is 19.1 Å². The van der Waals surface area contributed by atoms with Crippen LogP contribution < -0.4 is 0 Å². The molecule has 0 aliphatic rings. The highest BCUT2D eigenvalue weighted by atomic mass is 16.5. The van der Waals surface area contributed by atoms with Gasteiger partial charge in [-0.3, -0.25) is 0 Å². The van der Waals surface area contributed by atoms with E-state index in [0.29, 0.717) is 17.0 Å². The second-order valence-corrected chi connectivity index (χ2v) is 4.57. The van der Waals surface area contributed by atoms with Gasteiger partial charge in [-0.25, -0.2) is 4.79 Å². The van der Waals surface area contributed by atoms with Crippen LogP contribution in [-0.2, 0) is 11.3 Å². The highest BCUT2D eigenvalue weighted by Crippen LogP contribution is 2.16. The molecule has 0 spiro atoms. The third-order valence-corrected chi connectivity index (χ3v) is 3.01. The number of aromatic nitrogens is 1. The number of hydrogen-bond donors (Lipinski definition) is 0. The topological polar surface area (TPSA) is 52.3 Å². The maximum atomic E-state index is 12.0. The average Bonchev–Trinajstić information content (AvgIpc) is 2.90. The largest absolute Gasteiger partial charge is 0.455 e. The summed E-state index contributed by atoms with van der Waals surface area (Å²) >= 11 is 0. The number of hydrogen-bond acceptors (Lipinski definition) is 4. The van der Waals surface area contributed by atoms with Gasteiger partial charge in [-0.15, -0.1) is 0 Å². The molecule has 3 rings (SSSR count). The molecule has 0 radical (unpaired) electrons. The van der Waals surface area contributed by atoms with Crippen LogP contribution in [0.1, 0.15) is 21.8 Å². The van der Waals surface area contributed by atoms with Gasteiger partial charge in [-0.05, 0) is 29.8 Å². The summed E-state index contributed by atoms with van der Waals surface area (Å²) in [5, 5.41) is 5.89. The Labute approximate surface area is 116 Å². The third kappa shape index (κ3) is 2.54. The van der Waals surface area contributed by atoms with Crippen LogP contribution in [0.5, 0.6) is 0 Å². The van der Waals surface area contributed by atoms with E-state index in [2.05, 4.69) is 5.16 Å². The molecule has 4 heteroatoms. The summed E-state index contributed by atoms with van der Waals surface area (Å²) in [5.74, 6) is 0.332. The number of ether oxygens (including phenoxy) is 1. The molecule has 0 fully saturated rings. The maximum Gasteiger partial charge on any atom is 0.338 e. The summed E-state index contributed by atoms with van der Waals surface area (Å²) in [5.41, 5.74) is 1.14. The predicted octanol–water partition coefficient (Wildman–Crippen LogP) is 3.49. The van der Waals surface area contributed by atoms with Gasteiger partial charge >= 0.3 is 5.97 Å². The van der Waals surface area contributed by atoms with Gasteiger partial charge < -0.3 is 9.26 Å². The lowest BCUT2D eigenvalue weighted by molar-refractivity contribution is 0.0464. The van der Waals surface area contributed by atoms with Crippen LogP contribution in [0.25, 0.3) is 10.8 Å². The Bertz CT molecular complexity index is 761. The van der Waals surface area contributed by atoms with Crippen molar-refractivity contribution in [2.75, 3.05) is 0 Å². The zero-order valence-electron chi connectivity index (χ0n) is 11.0. The van der Waals surface area contributed by atoms with E-state index in [1.165, 1.54) is 0 Å². The Morgan fingerprint density at radius 3 is 2.70 bits per heavy atom. The van der Waals surface area contributed by atoms with Crippen molar-refractivity contribution in [3.8, 4) is 0 Å². The van der Waals surface area contributed by atoms with Crippen molar-refractivity contribution in [1.29, 1.82) is 0 Å². The average molecular weight is 267 g/mol. The van der Waals surface area contributed by atoms with Crippen LogP contribution in [0.15, 0.2) is 53.1 Å². The van der Waals surface area contributed by atoms with Crippen molar-refractivity contribution in [3.05, 3.63) is 65.5 Å². The molecule has 0 saturated heterocycles. The Kier molecular flexibility index (Phi) is 3.21. The molecule has 0 unspecified atom stereocenters. The minimum Gasteiger partial charge on any atom is -0.455 e. The minimum atomic E-state index is -0.364. The van der Waals surface area contributed by atoms with E-state index < -0.39 is 0 Å². The number of fused-ring (bicyclic) bond motifs is 1. The standard InChI is InChI=1S/C16H13NO3/c1-11-8-15(17-20-11)10-19-16(18)14-7-6-12-4-2-3-5-13(12)9-14/h2-9H,10H2,1H3. The van der Waals surface area contributed by atoms with Crippen molar-refractivity contribution in [2.45, 2.75) is 13.5 Å². The number of carbonyl (C=O) groups excluding carboxylic acids is 1. The van der Waals surface area contributed by atoms with Gasteiger partial charge in [0.05, 0.1) is 5.56 Å². The zero-order chi connectivity index (χ0) is 13.9. The Morgan fingerprint density at radius 2 is 1.95 bits per heavy atom. The van der Waals surface area contributed by atoms with Gasteiger partial charge in [0.25, 0.3) is 0 Å². The summed E-state index contributed by atoms with van der Waals surface area (Å²) in [7, 11) is 0. The van der Waals surface area contributed by atoms with Crippen molar-refractivity contribution < 1.29 is 14.1 Å². The van der Waals surface area contributed by atoms with Crippen LogP contribution in [0.2, 0.25) is 0 Å². The van der Waals surface area contributed by atoms with E-state index in [4.69, 9.17) is 9.26 Å². The fourth-order valence-corrected chi connectivity index (χ4v) is 2.03. The first kappa shape index (κ1) is 12.4. The quantitative estimate of drug-likeness (QED) is 0.681. The highest BCUT2D eigenvalue weighted by Gasteiger charge is 2.09. The van der Waals surface area contributed by atoms with Gasteiger partial charge in [-0.1, -0.05) is 35.5 Å². The van der Waals surface area contributed by atoms with Crippen LogP contribution in [0.3, 0.4) is 0 Å². The molecule has 0 atom stereocenters. The van der Waals surface area contributed by atoms with E-state index in [1.807, 2.05) is 36.4 Å². The number of carbonyl (C=O) groups is 1. The molecule has 100 valence electrons. The van der Waals surface area contributed by atoms with Gasteiger partial charge in [0.1, 0.15) is 18.1 Å². The lowest BCUT2D eigenvalue weighted by Crippen LogP contribution is -2.05. The van der Waals surface area contributed by atoms with E-state index >= 15 is 0 Å². The van der Waals surface area contributed by atoms with Crippen molar-refractivity contribution in [3.63, 3.8) is 0 Å². The lowest BCUT2D eigenvalue weighted by Gasteiger charge is -2.04. The monoisotopic (exact) mass is 267 g/mol. The van der Waals surface area contributed by atoms with Gasteiger partial charge in [-0.2, -0.15) is 0 Å². The summed E-state index contributed by atoms with van der Waals surface area (Å²) in [6.45, 7) is 1.91. The summed E-state index contributed by atoms with van der Waals surface area (Å²) < 4.78 is 10.1. The first-order chi connectivity index (χ1) is 9.72. The molecule has 2 aromatic carbocycles. The van der Waals surface area contributed by atoms with Crippen molar-refractivity contribution in [1.82, 2.24) is 5.16 Å². The van der Waals surface area contributed by atoms with Gasteiger partial charge in [0.15, 0.2) is 0 Å². The molecular formula is C16H13NO3. The second kappa shape index (κ2) is 5.17. The van der Waals surface area contributed by atoms with E-state index in [-0.39, 0.29) is 12.6 Å². The molecular weight excluding hydrogens is 254 g/mol. The molecule has 1 aromatic heterocycles. The smallest absolute Gasteiger partial charge is 0.338 e. The fourth-order valence-electron chi connectivity index (χ4n) is 2.03. The number of esters is 1. The highest BCUT2D eigenvalue weighted by molar-refractivity contribution is 5.95. The Balaban J connectivity index is 1.75. The number of nitrogens with zero attached hydrogens (tertiary/aromatic N) is 1. The normalized spacial score (nSPS) is 10.7. The Morgan fingerprint density at radius 1 is 1.15 bits per heavy atom. The number of benzene rings is 2. The zero-order valence-corrected chi connectivity index (χ0v) is 11.0. The lowest BCUT2D eigenvalue weighted by atomic mass is 10.1. The molecule has 0 bridgehead atoms. The minimum absolute atomic E-state index is 0.114. The number of aryl methyl sites for hydroxylation is 1. The van der Waals surface area contributed by atoms with E-state index in [0.717, 1.165) is 10.8 Å². The van der Waals surface area contributed by atoms with Gasteiger partial charge in [0, 0.05) is 6.07 Å². The SMILES string of the molecule is Cc1cc(COC(=O)c2ccc3ccccc3c2)no1. The van der Waals surface area contributed by atoms with Crippen LogP contribution >= 0.6 is 0 Å². The first-order valence-corrected chi connectivity index (χ1v) is 6.30. The van der Waals surface area contributed by atoms with Crippen LogP contribution in [0, 0.1) is 6.92 Å². The van der Waals surface area contributed by atoms with Crippen molar-refractivity contribution in [2.24, 2.45) is 0 Å². The molecule has 4 nitrogen and oxygen atoms in total. The Hall–Kier alpha value is -2.62. The molecule has 0 amide bonds. The molecule has 0 aliphatic heterocycles. The fraction of sp³-hybridized carbons (Fsp3) is 0.125.